The maximum Gasteiger partial charge on any atom is 0.0593 e. The number of nitrogens with zero attached hydrogens (tertiary/aromatic N) is 1. The summed E-state index contributed by atoms with van der Waals surface area (Å²) in [6.45, 7) is 10.0. The van der Waals surface area contributed by atoms with Crippen LogP contribution < -0.4 is 5.73 Å². The molecule has 124 valence electrons. The van der Waals surface area contributed by atoms with Crippen molar-refractivity contribution in [1.29, 1.82) is 0 Å². The van der Waals surface area contributed by atoms with E-state index in [0.29, 0.717) is 17.5 Å². The van der Waals surface area contributed by atoms with E-state index in [4.69, 9.17) is 10.5 Å². The van der Waals surface area contributed by atoms with Crippen LogP contribution in [0.15, 0.2) is 0 Å². The van der Waals surface area contributed by atoms with Crippen LogP contribution in [0.2, 0.25) is 0 Å². The van der Waals surface area contributed by atoms with Gasteiger partial charge in [0.15, 0.2) is 0 Å². The van der Waals surface area contributed by atoms with E-state index in [1.54, 1.807) is 0 Å². The van der Waals surface area contributed by atoms with Crippen molar-refractivity contribution in [2.75, 3.05) is 26.8 Å². The standard InChI is InChI=1S/C18H36N2O/c1-5-18(2,3)15-8-9-16(19)17(12-15)20(4)10-11-21-13-14-6-7-14/h14-17H,5-13,19H2,1-4H3. The fraction of sp³-hybridized carbons (Fsp3) is 1.00. The summed E-state index contributed by atoms with van der Waals surface area (Å²) < 4.78 is 5.79. The fourth-order valence-electron chi connectivity index (χ4n) is 3.58. The monoisotopic (exact) mass is 296 g/mol. The van der Waals surface area contributed by atoms with Gasteiger partial charge in [-0.15, -0.1) is 0 Å². The number of likely N-dealkylation sites (N-methyl/N-ethyl adjacent to an activating group) is 1. The second-order valence-electron chi connectivity index (χ2n) is 8.08. The fourth-order valence-corrected chi connectivity index (χ4v) is 3.58. The maximum absolute atomic E-state index is 6.41. The number of ether oxygens (including phenoxy) is 1. The second kappa shape index (κ2) is 7.43. The van der Waals surface area contributed by atoms with E-state index in [1.165, 1.54) is 38.5 Å². The minimum Gasteiger partial charge on any atom is -0.380 e. The first-order valence-corrected chi connectivity index (χ1v) is 8.97. The van der Waals surface area contributed by atoms with E-state index in [9.17, 15) is 0 Å². The first kappa shape index (κ1) is 17.2. The molecular weight excluding hydrogens is 260 g/mol. The maximum atomic E-state index is 6.41. The average molecular weight is 296 g/mol. The van der Waals surface area contributed by atoms with E-state index in [-0.39, 0.29) is 0 Å². The lowest BCUT2D eigenvalue weighted by Gasteiger charge is -2.45. The van der Waals surface area contributed by atoms with Crippen molar-refractivity contribution in [3.05, 3.63) is 0 Å². The molecule has 0 aliphatic heterocycles. The molecule has 0 amide bonds. The van der Waals surface area contributed by atoms with E-state index in [2.05, 4.69) is 32.7 Å². The Kier molecular flexibility index (Phi) is 6.10. The minimum absolute atomic E-state index is 0.335. The molecule has 0 saturated heterocycles. The summed E-state index contributed by atoms with van der Waals surface area (Å²) in [4.78, 5) is 2.45. The van der Waals surface area contributed by atoms with Crippen molar-refractivity contribution in [3.63, 3.8) is 0 Å². The van der Waals surface area contributed by atoms with E-state index < -0.39 is 0 Å². The molecule has 0 spiro atoms. The van der Waals surface area contributed by atoms with Gasteiger partial charge in [0.25, 0.3) is 0 Å². The van der Waals surface area contributed by atoms with Gasteiger partial charge in [-0.1, -0.05) is 27.2 Å². The largest absolute Gasteiger partial charge is 0.380 e. The molecule has 2 saturated carbocycles. The summed E-state index contributed by atoms with van der Waals surface area (Å²) in [6, 6.07) is 0.862. The molecule has 0 heterocycles. The van der Waals surface area contributed by atoms with Crippen LogP contribution in [0.5, 0.6) is 0 Å². The SMILES string of the molecule is CCC(C)(C)C1CCC(N)C(N(C)CCOCC2CC2)C1. The molecule has 0 aromatic heterocycles. The van der Waals surface area contributed by atoms with Crippen molar-refractivity contribution in [2.24, 2.45) is 23.0 Å². The van der Waals surface area contributed by atoms with Crippen LogP contribution in [0, 0.1) is 17.3 Å². The van der Waals surface area contributed by atoms with Crippen LogP contribution >= 0.6 is 0 Å². The van der Waals surface area contributed by atoms with Gasteiger partial charge in [-0.05, 0) is 56.4 Å². The molecule has 3 unspecified atom stereocenters. The molecule has 2 aliphatic rings. The summed E-state index contributed by atoms with van der Waals surface area (Å²) in [6.07, 6.45) is 7.72. The highest BCUT2D eigenvalue weighted by molar-refractivity contribution is 4.92. The molecule has 21 heavy (non-hydrogen) atoms. The van der Waals surface area contributed by atoms with E-state index in [1.807, 2.05) is 0 Å². The molecule has 3 atom stereocenters. The van der Waals surface area contributed by atoms with Gasteiger partial charge >= 0.3 is 0 Å². The van der Waals surface area contributed by atoms with Gasteiger partial charge in [0.05, 0.1) is 6.61 Å². The zero-order chi connectivity index (χ0) is 15.5. The van der Waals surface area contributed by atoms with Crippen LogP contribution in [-0.2, 0) is 4.74 Å². The molecule has 0 aromatic rings. The summed E-state index contributed by atoms with van der Waals surface area (Å²) in [5, 5.41) is 0. The number of hydrogen-bond acceptors (Lipinski definition) is 3. The zero-order valence-electron chi connectivity index (χ0n) is 14.6. The zero-order valence-corrected chi connectivity index (χ0v) is 14.6. The lowest BCUT2D eigenvalue weighted by Crippen LogP contribution is -2.52. The average Bonchev–Trinajstić information content (AvgIpc) is 3.27. The molecule has 2 aliphatic carbocycles. The number of nitrogens with two attached hydrogens (primary N) is 1. The predicted molar refractivity (Wildman–Crippen MR) is 89.3 cm³/mol. The first-order valence-electron chi connectivity index (χ1n) is 8.97. The van der Waals surface area contributed by atoms with Gasteiger partial charge in [-0.3, -0.25) is 4.90 Å². The highest BCUT2D eigenvalue weighted by Crippen LogP contribution is 2.41. The Morgan fingerprint density at radius 1 is 1.19 bits per heavy atom. The lowest BCUT2D eigenvalue weighted by molar-refractivity contribution is 0.0472. The smallest absolute Gasteiger partial charge is 0.0593 e. The highest BCUT2D eigenvalue weighted by atomic mass is 16.5. The van der Waals surface area contributed by atoms with Crippen LogP contribution in [0.25, 0.3) is 0 Å². The summed E-state index contributed by atoms with van der Waals surface area (Å²) in [7, 11) is 2.23. The topological polar surface area (TPSA) is 38.5 Å². The Morgan fingerprint density at radius 3 is 2.52 bits per heavy atom. The van der Waals surface area contributed by atoms with Crippen molar-refractivity contribution < 1.29 is 4.74 Å². The second-order valence-corrected chi connectivity index (χ2v) is 8.08. The Balaban J connectivity index is 1.77. The molecule has 0 bridgehead atoms. The number of hydrogen-bond donors (Lipinski definition) is 1. The summed E-state index contributed by atoms with van der Waals surface area (Å²) >= 11 is 0. The normalized spacial score (nSPS) is 30.9. The molecule has 2 rings (SSSR count). The minimum atomic E-state index is 0.335. The molecule has 0 aromatic carbocycles. The van der Waals surface area contributed by atoms with Crippen LogP contribution in [0.3, 0.4) is 0 Å². The van der Waals surface area contributed by atoms with Crippen molar-refractivity contribution in [3.8, 4) is 0 Å². The van der Waals surface area contributed by atoms with E-state index in [0.717, 1.165) is 31.6 Å². The van der Waals surface area contributed by atoms with Crippen LogP contribution in [0.4, 0.5) is 0 Å². The molecule has 0 radical (unpaired) electrons. The van der Waals surface area contributed by atoms with Gasteiger partial charge < -0.3 is 10.5 Å². The quantitative estimate of drug-likeness (QED) is 0.699. The Hall–Kier alpha value is -0.120. The Labute approximate surface area is 131 Å². The van der Waals surface area contributed by atoms with Crippen LogP contribution in [0.1, 0.15) is 59.3 Å². The van der Waals surface area contributed by atoms with Crippen molar-refractivity contribution >= 4 is 0 Å². The summed E-state index contributed by atoms with van der Waals surface area (Å²) in [5.41, 5.74) is 6.85. The Bertz CT molecular complexity index is 314. The van der Waals surface area contributed by atoms with Gasteiger partial charge in [0.1, 0.15) is 0 Å². The lowest BCUT2D eigenvalue weighted by atomic mass is 9.67. The predicted octanol–water partition coefficient (Wildman–Crippen LogP) is 3.28. The Morgan fingerprint density at radius 2 is 1.90 bits per heavy atom. The third kappa shape index (κ3) is 4.94. The van der Waals surface area contributed by atoms with Crippen LogP contribution in [-0.4, -0.2) is 43.8 Å². The third-order valence-electron chi connectivity index (χ3n) is 6.09. The first-order chi connectivity index (χ1) is 9.94. The molecule has 3 heteroatoms. The molecule has 2 fully saturated rings. The van der Waals surface area contributed by atoms with Gasteiger partial charge in [-0.2, -0.15) is 0 Å². The molecule has 3 nitrogen and oxygen atoms in total. The van der Waals surface area contributed by atoms with Gasteiger partial charge in [0.2, 0.25) is 0 Å². The number of rotatable bonds is 8. The van der Waals surface area contributed by atoms with Crippen molar-refractivity contribution in [1.82, 2.24) is 4.90 Å². The van der Waals surface area contributed by atoms with E-state index >= 15 is 0 Å². The summed E-state index contributed by atoms with van der Waals surface area (Å²) in [5.74, 6) is 1.67. The highest BCUT2D eigenvalue weighted by Gasteiger charge is 2.37. The third-order valence-corrected chi connectivity index (χ3v) is 6.09. The molecule has 2 N–H and O–H groups in total. The van der Waals surface area contributed by atoms with Gasteiger partial charge in [0, 0.05) is 25.2 Å². The van der Waals surface area contributed by atoms with Crippen molar-refractivity contribution in [2.45, 2.75) is 71.4 Å². The van der Waals surface area contributed by atoms with Gasteiger partial charge in [-0.25, -0.2) is 0 Å². The molecular formula is C18H36N2O.